The highest BCUT2D eigenvalue weighted by Gasteiger charge is 2.14. The molecule has 7 nitrogen and oxygen atoms in total. The predicted molar refractivity (Wildman–Crippen MR) is 71.1 cm³/mol. The van der Waals surface area contributed by atoms with Gasteiger partial charge in [-0.15, -0.1) is 0 Å². The number of amides is 1. The molecular weight excluding hydrogens is 264 g/mol. The number of aliphatic hydroxyl groups excluding tert-OH is 1. The molecule has 7 heteroatoms. The molecule has 0 aromatic heterocycles. The molecule has 0 aliphatic heterocycles. The molecule has 0 aliphatic rings. The van der Waals surface area contributed by atoms with Gasteiger partial charge in [0, 0.05) is 13.1 Å². The fourth-order valence-electron chi connectivity index (χ4n) is 1.42. The van der Waals surface area contributed by atoms with Crippen molar-refractivity contribution in [1.82, 2.24) is 10.6 Å². The Morgan fingerprint density at radius 2 is 1.90 bits per heavy atom. The number of aliphatic hydroxyl groups is 1. The number of carboxylic acids is 1. The first kappa shape index (κ1) is 15.9. The van der Waals surface area contributed by atoms with Gasteiger partial charge in [-0.1, -0.05) is 30.3 Å². The number of hydrogen-bond donors (Lipinski definition) is 4. The lowest BCUT2D eigenvalue weighted by Gasteiger charge is -2.12. The second-order valence-electron chi connectivity index (χ2n) is 4.02. The average Bonchev–Trinajstić information content (AvgIpc) is 2.46. The van der Waals surface area contributed by atoms with Crippen LogP contribution in [-0.2, 0) is 16.1 Å². The van der Waals surface area contributed by atoms with Crippen molar-refractivity contribution in [3.8, 4) is 0 Å². The molecule has 1 aromatic carbocycles. The molecule has 110 valence electrons. The van der Waals surface area contributed by atoms with E-state index >= 15 is 0 Å². The van der Waals surface area contributed by atoms with Crippen molar-refractivity contribution in [1.29, 1.82) is 0 Å². The van der Waals surface area contributed by atoms with Gasteiger partial charge in [-0.3, -0.25) is 4.79 Å². The molecule has 1 rings (SSSR count). The molecule has 0 spiro atoms. The molecule has 1 amide bonds. The van der Waals surface area contributed by atoms with Crippen LogP contribution in [0.25, 0.3) is 0 Å². The zero-order valence-corrected chi connectivity index (χ0v) is 10.9. The van der Waals surface area contributed by atoms with Crippen LogP contribution in [0.15, 0.2) is 30.3 Å². The van der Waals surface area contributed by atoms with Gasteiger partial charge in [-0.2, -0.15) is 0 Å². The minimum absolute atomic E-state index is 0.175. The van der Waals surface area contributed by atoms with Crippen molar-refractivity contribution in [2.24, 2.45) is 0 Å². The monoisotopic (exact) mass is 282 g/mol. The number of hydrogen-bond acceptors (Lipinski definition) is 5. The molecule has 20 heavy (non-hydrogen) atoms. The van der Waals surface area contributed by atoms with Crippen LogP contribution in [0.3, 0.4) is 0 Å². The second kappa shape index (κ2) is 8.89. The first-order chi connectivity index (χ1) is 9.63. The Kier molecular flexibility index (Phi) is 7.08. The Balaban J connectivity index is 2.13. The molecule has 0 aliphatic carbocycles. The average molecular weight is 282 g/mol. The molecule has 0 radical (unpaired) electrons. The summed E-state index contributed by atoms with van der Waals surface area (Å²) in [6.45, 7) is 0.0949. The smallest absolute Gasteiger partial charge is 0.407 e. The molecule has 1 aromatic rings. The predicted octanol–water partition coefficient (Wildman–Crippen LogP) is -0.0521. The third-order valence-electron chi connectivity index (χ3n) is 2.48. The Morgan fingerprint density at radius 1 is 1.20 bits per heavy atom. The van der Waals surface area contributed by atoms with Crippen molar-refractivity contribution in [3.63, 3.8) is 0 Å². The fourth-order valence-corrected chi connectivity index (χ4v) is 1.42. The molecule has 0 bridgehead atoms. The number of aliphatic carboxylic acids is 1. The van der Waals surface area contributed by atoms with Crippen LogP contribution in [-0.4, -0.2) is 48.0 Å². The summed E-state index contributed by atoms with van der Waals surface area (Å²) >= 11 is 0. The Labute approximate surface area is 116 Å². The normalized spacial score (nSPS) is 11.7. The maximum absolute atomic E-state index is 11.3. The molecule has 4 N–H and O–H groups in total. The summed E-state index contributed by atoms with van der Waals surface area (Å²) in [7, 11) is 0. The molecular formula is C13H18N2O5. The van der Waals surface area contributed by atoms with Gasteiger partial charge >= 0.3 is 12.1 Å². The highest BCUT2D eigenvalue weighted by molar-refractivity contribution is 5.73. The van der Waals surface area contributed by atoms with Crippen LogP contribution in [0.2, 0.25) is 0 Å². The number of benzene rings is 1. The zero-order valence-electron chi connectivity index (χ0n) is 10.9. The van der Waals surface area contributed by atoms with Gasteiger partial charge in [0.05, 0.1) is 6.61 Å². The lowest BCUT2D eigenvalue weighted by Crippen LogP contribution is -2.43. The lowest BCUT2D eigenvalue weighted by atomic mass is 10.2. The van der Waals surface area contributed by atoms with Gasteiger partial charge in [0.25, 0.3) is 0 Å². The number of nitrogens with one attached hydrogen (secondary N) is 2. The number of ether oxygens (including phenoxy) is 1. The van der Waals surface area contributed by atoms with Crippen LogP contribution >= 0.6 is 0 Å². The van der Waals surface area contributed by atoms with Gasteiger partial charge in [-0.05, 0) is 5.56 Å². The van der Waals surface area contributed by atoms with Crippen LogP contribution in [0.4, 0.5) is 4.79 Å². The highest BCUT2D eigenvalue weighted by Crippen LogP contribution is 2.00. The van der Waals surface area contributed by atoms with Crippen LogP contribution in [0, 0.1) is 0 Å². The largest absolute Gasteiger partial charge is 0.480 e. The topological polar surface area (TPSA) is 108 Å². The van der Waals surface area contributed by atoms with Crippen LogP contribution in [0.1, 0.15) is 5.56 Å². The Bertz CT molecular complexity index is 424. The van der Waals surface area contributed by atoms with Crippen molar-refractivity contribution in [2.45, 2.75) is 12.6 Å². The summed E-state index contributed by atoms with van der Waals surface area (Å²) < 4.78 is 4.97. The number of carbonyl (C=O) groups is 2. The molecule has 0 heterocycles. The van der Waals surface area contributed by atoms with Gasteiger partial charge < -0.3 is 25.6 Å². The third kappa shape index (κ3) is 6.17. The van der Waals surface area contributed by atoms with Crippen LogP contribution in [0.5, 0.6) is 0 Å². The summed E-state index contributed by atoms with van der Waals surface area (Å²) in [4.78, 5) is 21.9. The van der Waals surface area contributed by atoms with E-state index in [1.165, 1.54) is 0 Å². The van der Waals surface area contributed by atoms with Crippen molar-refractivity contribution >= 4 is 12.1 Å². The van der Waals surface area contributed by atoms with E-state index in [2.05, 4.69) is 10.6 Å². The summed E-state index contributed by atoms with van der Waals surface area (Å²) in [5.74, 6) is -1.14. The zero-order chi connectivity index (χ0) is 14.8. The van der Waals surface area contributed by atoms with Gasteiger partial charge in [0.15, 0.2) is 0 Å². The van der Waals surface area contributed by atoms with Gasteiger partial charge in [0.2, 0.25) is 0 Å². The van der Waals surface area contributed by atoms with E-state index in [0.29, 0.717) is 0 Å². The van der Waals surface area contributed by atoms with Crippen molar-refractivity contribution in [3.05, 3.63) is 35.9 Å². The summed E-state index contributed by atoms with van der Waals surface area (Å²) in [6, 6.07) is 8.22. The summed E-state index contributed by atoms with van der Waals surface area (Å²) in [5.41, 5.74) is 0.881. The van der Waals surface area contributed by atoms with Gasteiger partial charge in [-0.25, -0.2) is 4.79 Å². The van der Waals surface area contributed by atoms with E-state index in [1.54, 1.807) is 0 Å². The Hall–Kier alpha value is -2.12. The molecule has 1 unspecified atom stereocenters. The van der Waals surface area contributed by atoms with E-state index in [-0.39, 0.29) is 19.7 Å². The van der Waals surface area contributed by atoms with Gasteiger partial charge in [0.1, 0.15) is 12.6 Å². The molecule has 1 atom stereocenters. The number of carbonyl (C=O) groups excluding carboxylic acids is 1. The Morgan fingerprint density at radius 3 is 2.50 bits per heavy atom. The van der Waals surface area contributed by atoms with E-state index < -0.39 is 24.7 Å². The molecule has 0 fully saturated rings. The van der Waals surface area contributed by atoms with E-state index in [9.17, 15) is 9.59 Å². The lowest BCUT2D eigenvalue weighted by molar-refractivity contribution is -0.140. The van der Waals surface area contributed by atoms with E-state index in [4.69, 9.17) is 14.9 Å². The first-order valence-electron chi connectivity index (χ1n) is 6.15. The van der Waals surface area contributed by atoms with Crippen LogP contribution < -0.4 is 10.6 Å². The molecule has 0 saturated heterocycles. The number of rotatable bonds is 8. The summed E-state index contributed by atoms with van der Waals surface area (Å²) in [5, 5.41) is 22.5. The standard InChI is InChI=1S/C13H18N2O5/c16-8-11(12(17)18)14-6-7-15-13(19)20-9-10-4-2-1-3-5-10/h1-5,11,14,16H,6-9H2,(H,15,19)(H,17,18). The summed E-state index contributed by atoms with van der Waals surface area (Å²) in [6.07, 6.45) is -0.577. The quantitative estimate of drug-likeness (QED) is 0.498. The van der Waals surface area contributed by atoms with E-state index in [0.717, 1.165) is 5.56 Å². The van der Waals surface area contributed by atoms with E-state index in [1.807, 2.05) is 30.3 Å². The maximum Gasteiger partial charge on any atom is 0.407 e. The fraction of sp³-hybridized carbons (Fsp3) is 0.385. The maximum atomic E-state index is 11.3. The van der Waals surface area contributed by atoms with Crippen molar-refractivity contribution in [2.75, 3.05) is 19.7 Å². The van der Waals surface area contributed by atoms with Crippen molar-refractivity contribution < 1.29 is 24.5 Å². The number of alkyl carbamates (subject to hydrolysis) is 1. The minimum atomic E-state index is -1.14. The highest BCUT2D eigenvalue weighted by atomic mass is 16.5. The third-order valence-corrected chi connectivity index (χ3v) is 2.48. The second-order valence-corrected chi connectivity index (χ2v) is 4.02. The SMILES string of the molecule is O=C(NCCNC(CO)C(=O)O)OCc1ccccc1. The number of carboxylic acid groups (broad SMARTS) is 1. The minimum Gasteiger partial charge on any atom is -0.480 e. The molecule has 0 saturated carbocycles. The first-order valence-corrected chi connectivity index (χ1v) is 6.15.